The van der Waals surface area contributed by atoms with E-state index in [1.165, 1.54) is 5.56 Å². The van der Waals surface area contributed by atoms with E-state index >= 15 is 0 Å². The third-order valence-corrected chi connectivity index (χ3v) is 5.32. The van der Waals surface area contributed by atoms with Crippen molar-refractivity contribution in [3.63, 3.8) is 0 Å². The second-order valence-corrected chi connectivity index (χ2v) is 7.92. The highest BCUT2D eigenvalue weighted by Gasteiger charge is 2.16. The van der Waals surface area contributed by atoms with Crippen LogP contribution in [0, 0.1) is 0 Å². The fourth-order valence-electron chi connectivity index (χ4n) is 3.22. The zero-order valence-corrected chi connectivity index (χ0v) is 18.4. The summed E-state index contributed by atoms with van der Waals surface area (Å²) < 4.78 is 12.3. The summed E-state index contributed by atoms with van der Waals surface area (Å²) in [6.45, 7) is 0.470. The van der Waals surface area contributed by atoms with Gasteiger partial charge in [-0.2, -0.15) is 0 Å². The van der Waals surface area contributed by atoms with Crippen molar-refractivity contribution in [2.24, 2.45) is 0 Å². The number of halogens is 1. The van der Waals surface area contributed by atoms with E-state index in [4.69, 9.17) is 9.47 Å². The molecule has 0 aliphatic heterocycles. The first-order valence-corrected chi connectivity index (χ1v) is 10.8. The van der Waals surface area contributed by atoms with Crippen LogP contribution in [0.1, 0.15) is 15.9 Å². The van der Waals surface area contributed by atoms with Gasteiger partial charge in [0.2, 0.25) is 0 Å². The normalized spacial score (nSPS) is 10.5. The van der Waals surface area contributed by atoms with E-state index in [2.05, 4.69) is 28.1 Å². The number of carbonyl (C=O) groups is 1. The van der Waals surface area contributed by atoms with E-state index in [1.807, 2.05) is 66.7 Å². The average molecular weight is 473 g/mol. The van der Waals surface area contributed by atoms with Gasteiger partial charge in [-0.1, -0.05) is 88.7 Å². The van der Waals surface area contributed by atoms with Gasteiger partial charge in [0.05, 0.1) is 6.61 Å². The first kappa shape index (κ1) is 20.9. The number of benzene rings is 4. The minimum Gasteiger partial charge on any atom is -0.492 e. The smallest absolute Gasteiger partial charge is 0.347 e. The molecule has 0 aromatic heterocycles. The highest BCUT2D eigenvalue weighted by molar-refractivity contribution is 9.10. The van der Waals surface area contributed by atoms with Crippen LogP contribution in [0.2, 0.25) is 0 Å². The molecule has 0 N–H and O–H groups in total. The summed E-state index contributed by atoms with van der Waals surface area (Å²) in [6.07, 6.45) is 0.756. The second-order valence-electron chi connectivity index (χ2n) is 7.00. The van der Waals surface area contributed by atoms with E-state index in [1.54, 1.807) is 24.3 Å². The number of carbonyl (C=O) groups excluding carboxylic acids is 1. The Morgan fingerprint density at radius 1 is 0.742 bits per heavy atom. The quantitative estimate of drug-likeness (QED) is 0.215. The van der Waals surface area contributed by atoms with Gasteiger partial charge < -0.3 is 9.47 Å². The number of ether oxygens (including phenoxy) is 2. The second kappa shape index (κ2) is 10.1. The standard InChI is InChI=1S/C27H21BrO3/c28-23-13-16-26(30-18-17-20-7-3-1-4-8-20)25(19-23)27(29)31-24-14-11-22(12-15-24)21-9-5-2-6-10-21/h1-16,19H,17-18H2. The maximum atomic E-state index is 12.9. The van der Waals surface area contributed by atoms with Crippen molar-refractivity contribution in [3.05, 3.63) is 119 Å². The van der Waals surface area contributed by atoms with E-state index in [9.17, 15) is 4.79 Å². The van der Waals surface area contributed by atoms with Crippen LogP contribution in [-0.4, -0.2) is 12.6 Å². The zero-order valence-electron chi connectivity index (χ0n) is 16.8. The van der Waals surface area contributed by atoms with Crippen LogP contribution >= 0.6 is 15.9 Å². The summed E-state index contributed by atoms with van der Waals surface area (Å²) in [5, 5.41) is 0. The summed E-state index contributed by atoms with van der Waals surface area (Å²) in [7, 11) is 0. The first-order valence-electron chi connectivity index (χ1n) is 10.0. The Labute approximate surface area is 190 Å². The molecule has 0 fully saturated rings. The van der Waals surface area contributed by atoms with Crippen LogP contribution < -0.4 is 9.47 Å². The van der Waals surface area contributed by atoms with E-state index in [0.717, 1.165) is 22.0 Å². The van der Waals surface area contributed by atoms with Crippen molar-refractivity contribution < 1.29 is 14.3 Å². The third-order valence-electron chi connectivity index (χ3n) is 4.82. The maximum Gasteiger partial charge on any atom is 0.347 e. The molecule has 3 nitrogen and oxygen atoms in total. The Morgan fingerprint density at radius 3 is 2.10 bits per heavy atom. The molecule has 0 spiro atoms. The predicted molar refractivity (Wildman–Crippen MR) is 127 cm³/mol. The van der Waals surface area contributed by atoms with Gasteiger partial charge in [-0.25, -0.2) is 4.79 Å². The molecule has 0 bridgehead atoms. The van der Waals surface area contributed by atoms with Crippen molar-refractivity contribution >= 4 is 21.9 Å². The summed E-state index contributed by atoms with van der Waals surface area (Å²) >= 11 is 3.43. The van der Waals surface area contributed by atoms with Gasteiger partial charge in [0, 0.05) is 10.9 Å². The molecular formula is C27H21BrO3. The largest absolute Gasteiger partial charge is 0.492 e. The van der Waals surface area contributed by atoms with E-state index in [0.29, 0.717) is 23.7 Å². The molecule has 0 heterocycles. The van der Waals surface area contributed by atoms with Crippen LogP contribution in [0.4, 0.5) is 0 Å². The molecule has 0 saturated carbocycles. The van der Waals surface area contributed by atoms with Crippen molar-refractivity contribution in [1.29, 1.82) is 0 Å². The molecule has 31 heavy (non-hydrogen) atoms. The van der Waals surface area contributed by atoms with Gasteiger partial charge in [0.15, 0.2) is 0 Å². The van der Waals surface area contributed by atoms with Gasteiger partial charge in [-0.05, 0) is 47.0 Å². The molecule has 0 saturated heterocycles. The Balaban J connectivity index is 1.44. The monoisotopic (exact) mass is 472 g/mol. The summed E-state index contributed by atoms with van der Waals surface area (Å²) in [4.78, 5) is 12.9. The minimum absolute atomic E-state index is 0.384. The molecule has 0 unspecified atom stereocenters. The lowest BCUT2D eigenvalue weighted by molar-refractivity contribution is 0.0730. The van der Waals surface area contributed by atoms with Gasteiger partial charge >= 0.3 is 5.97 Å². The third kappa shape index (κ3) is 5.62. The van der Waals surface area contributed by atoms with Gasteiger partial charge in [0.1, 0.15) is 17.1 Å². The summed E-state index contributed by atoms with van der Waals surface area (Å²) in [5.41, 5.74) is 3.74. The maximum absolute atomic E-state index is 12.9. The number of hydrogen-bond acceptors (Lipinski definition) is 3. The summed E-state index contributed by atoms with van der Waals surface area (Å²) in [5.74, 6) is 0.536. The van der Waals surface area contributed by atoms with Crippen LogP contribution in [0.15, 0.2) is 108 Å². The molecule has 0 amide bonds. The molecule has 4 aromatic rings. The SMILES string of the molecule is O=C(Oc1ccc(-c2ccccc2)cc1)c1cc(Br)ccc1OCCc1ccccc1. The fraction of sp³-hybridized carbons (Fsp3) is 0.0741. The Morgan fingerprint density at radius 2 is 1.39 bits per heavy atom. The highest BCUT2D eigenvalue weighted by atomic mass is 79.9. The molecule has 4 heteroatoms. The first-order chi connectivity index (χ1) is 15.2. The number of hydrogen-bond donors (Lipinski definition) is 0. The Kier molecular flexibility index (Phi) is 6.80. The van der Waals surface area contributed by atoms with Crippen LogP contribution in [0.3, 0.4) is 0 Å². The number of rotatable bonds is 7. The fourth-order valence-corrected chi connectivity index (χ4v) is 3.58. The average Bonchev–Trinajstić information content (AvgIpc) is 2.82. The molecule has 0 aliphatic carbocycles. The Bertz CT molecular complexity index is 1140. The van der Waals surface area contributed by atoms with Crippen LogP contribution in [-0.2, 0) is 6.42 Å². The minimum atomic E-state index is -0.455. The molecule has 4 aromatic carbocycles. The van der Waals surface area contributed by atoms with Crippen molar-refractivity contribution in [1.82, 2.24) is 0 Å². The zero-order chi connectivity index (χ0) is 21.5. The molecular weight excluding hydrogens is 452 g/mol. The highest BCUT2D eigenvalue weighted by Crippen LogP contribution is 2.27. The van der Waals surface area contributed by atoms with Gasteiger partial charge in [-0.3, -0.25) is 0 Å². The van der Waals surface area contributed by atoms with E-state index < -0.39 is 5.97 Å². The van der Waals surface area contributed by atoms with Crippen LogP contribution in [0.25, 0.3) is 11.1 Å². The summed E-state index contributed by atoms with van der Waals surface area (Å²) in [6, 6.07) is 33.0. The molecule has 0 aliphatic rings. The molecule has 4 rings (SSSR count). The van der Waals surface area contributed by atoms with Crippen LogP contribution in [0.5, 0.6) is 11.5 Å². The van der Waals surface area contributed by atoms with Crippen molar-refractivity contribution in [3.8, 4) is 22.6 Å². The van der Waals surface area contributed by atoms with Gasteiger partial charge in [-0.15, -0.1) is 0 Å². The lowest BCUT2D eigenvalue weighted by Crippen LogP contribution is -2.12. The molecule has 0 atom stereocenters. The number of esters is 1. The van der Waals surface area contributed by atoms with E-state index in [-0.39, 0.29) is 0 Å². The van der Waals surface area contributed by atoms with Crippen molar-refractivity contribution in [2.45, 2.75) is 6.42 Å². The topological polar surface area (TPSA) is 35.5 Å². The lowest BCUT2D eigenvalue weighted by atomic mass is 10.1. The lowest BCUT2D eigenvalue weighted by Gasteiger charge is -2.12. The van der Waals surface area contributed by atoms with Crippen molar-refractivity contribution in [2.75, 3.05) is 6.61 Å². The predicted octanol–water partition coefficient (Wildman–Crippen LogP) is 6.96. The Hall–Kier alpha value is -3.37. The molecule has 154 valence electrons. The van der Waals surface area contributed by atoms with Gasteiger partial charge in [0.25, 0.3) is 0 Å². The molecule has 0 radical (unpaired) electrons.